The number of amides is 1. The molecule has 2 unspecified atom stereocenters. The summed E-state index contributed by atoms with van der Waals surface area (Å²) in [5.74, 6) is -0.151. The fourth-order valence-corrected chi connectivity index (χ4v) is 2.56. The van der Waals surface area contributed by atoms with Crippen molar-refractivity contribution in [3.63, 3.8) is 0 Å². The molecule has 0 radical (unpaired) electrons. The number of rotatable bonds is 5. The molecule has 0 bridgehead atoms. The molecule has 1 saturated heterocycles. The summed E-state index contributed by atoms with van der Waals surface area (Å²) >= 11 is 0. The molecule has 1 heterocycles. The first-order valence-electron chi connectivity index (χ1n) is 7.52. The van der Waals surface area contributed by atoms with Crippen LogP contribution in [0.25, 0.3) is 0 Å². The van der Waals surface area contributed by atoms with Crippen LogP contribution in [0.15, 0.2) is 24.3 Å². The van der Waals surface area contributed by atoms with Crippen LogP contribution in [0.3, 0.4) is 0 Å². The number of nitrogens with one attached hydrogen (secondary N) is 1. The Morgan fingerprint density at radius 2 is 2.10 bits per heavy atom. The predicted octanol–water partition coefficient (Wildman–Crippen LogP) is 1.21. The second kappa shape index (κ2) is 7.43. The second-order valence-corrected chi connectivity index (χ2v) is 5.71. The average molecular weight is 291 g/mol. The van der Waals surface area contributed by atoms with Gasteiger partial charge in [0, 0.05) is 31.4 Å². The van der Waals surface area contributed by atoms with Crippen LogP contribution < -0.4 is 11.1 Å². The lowest BCUT2D eigenvalue weighted by Crippen LogP contribution is -2.46. The van der Waals surface area contributed by atoms with E-state index in [1.807, 2.05) is 38.1 Å². The number of carbonyl (C=O) groups excluding carboxylic acids is 1. The predicted molar refractivity (Wildman–Crippen MR) is 84.1 cm³/mol. The van der Waals surface area contributed by atoms with Gasteiger partial charge in [-0.05, 0) is 31.5 Å². The number of benzene rings is 1. The Bertz CT molecular complexity index is 472. The van der Waals surface area contributed by atoms with Crippen molar-refractivity contribution in [3.05, 3.63) is 29.8 Å². The summed E-state index contributed by atoms with van der Waals surface area (Å²) in [5, 5.41) is 3.08. The first-order chi connectivity index (χ1) is 10.1. The van der Waals surface area contributed by atoms with Crippen molar-refractivity contribution in [3.8, 4) is 0 Å². The maximum absolute atomic E-state index is 12.3. The Morgan fingerprint density at radius 1 is 1.38 bits per heavy atom. The molecule has 1 aromatic rings. The van der Waals surface area contributed by atoms with Crippen LogP contribution in [0.4, 0.5) is 5.69 Å². The minimum atomic E-state index is -0.194. The van der Waals surface area contributed by atoms with Gasteiger partial charge in [-0.2, -0.15) is 0 Å². The van der Waals surface area contributed by atoms with E-state index < -0.39 is 0 Å². The third-order valence-electron chi connectivity index (χ3n) is 3.83. The van der Waals surface area contributed by atoms with Gasteiger partial charge in [0.15, 0.2) is 0 Å². The van der Waals surface area contributed by atoms with Crippen LogP contribution in [0.1, 0.15) is 25.3 Å². The number of hydrogen-bond donors (Lipinski definition) is 2. The van der Waals surface area contributed by atoms with Gasteiger partial charge in [-0.25, -0.2) is 0 Å². The quantitative estimate of drug-likeness (QED) is 0.800. The van der Waals surface area contributed by atoms with Gasteiger partial charge in [-0.3, -0.25) is 9.69 Å². The van der Waals surface area contributed by atoms with Gasteiger partial charge in [-0.15, -0.1) is 0 Å². The molecular weight excluding hydrogens is 266 g/mol. The molecule has 1 aliphatic heterocycles. The lowest BCUT2D eigenvalue weighted by atomic mass is 9.99. The smallest absolute Gasteiger partial charge is 0.227 e. The molecule has 0 aromatic heterocycles. The molecule has 5 heteroatoms. The van der Waals surface area contributed by atoms with E-state index in [1.54, 1.807) is 0 Å². The lowest BCUT2D eigenvalue weighted by Gasteiger charge is -2.29. The van der Waals surface area contributed by atoms with E-state index in [-0.39, 0.29) is 17.9 Å². The summed E-state index contributed by atoms with van der Waals surface area (Å²) in [7, 11) is 0. The molecular formula is C16H25N3O2. The molecule has 1 fully saturated rings. The van der Waals surface area contributed by atoms with Crippen LogP contribution in [0.5, 0.6) is 0 Å². The molecule has 0 aliphatic carbocycles. The number of hydrogen-bond acceptors (Lipinski definition) is 4. The Kier molecular flexibility index (Phi) is 5.59. The van der Waals surface area contributed by atoms with E-state index in [0.29, 0.717) is 5.69 Å². The normalized spacial score (nSPS) is 19.0. The number of morpholine rings is 1. The fourth-order valence-electron chi connectivity index (χ4n) is 2.56. The largest absolute Gasteiger partial charge is 0.399 e. The van der Waals surface area contributed by atoms with Gasteiger partial charge in [0.2, 0.25) is 5.91 Å². The number of ether oxygens (including phenoxy) is 1. The summed E-state index contributed by atoms with van der Waals surface area (Å²) in [4.78, 5) is 14.6. The van der Waals surface area contributed by atoms with Gasteiger partial charge in [0.05, 0.1) is 19.1 Å². The van der Waals surface area contributed by atoms with Crippen molar-refractivity contribution >= 4 is 11.6 Å². The zero-order chi connectivity index (χ0) is 15.2. The van der Waals surface area contributed by atoms with Crippen molar-refractivity contribution in [1.29, 1.82) is 0 Å². The molecule has 2 rings (SSSR count). The minimum Gasteiger partial charge on any atom is -0.399 e. The third-order valence-corrected chi connectivity index (χ3v) is 3.83. The van der Waals surface area contributed by atoms with Crippen molar-refractivity contribution in [2.75, 3.05) is 38.6 Å². The maximum atomic E-state index is 12.3. The van der Waals surface area contributed by atoms with Crippen LogP contribution >= 0.6 is 0 Å². The molecule has 5 nitrogen and oxygen atoms in total. The van der Waals surface area contributed by atoms with E-state index in [0.717, 1.165) is 38.4 Å². The third kappa shape index (κ3) is 4.72. The van der Waals surface area contributed by atoms with Crippen LogP contribution in [0.2, 0.25) is 0 Å². The highest BCUT2D eigenvalue weighted by Crippen LogP contribution is 2.18. The van der Waals surface area contributed by atoms with Crippen LogP contribution in [-0.2, 0) is 9.53 Å². The minimum absolute atomic E-state index is 0.0429. The van der Waals surface area contributed by atoms with Crippen LogP contribution in [0, 0.1) is 0 Å². The van der Waals surface area contributed by atoms with Gasteiger partial charge in [0.1, 0.15) is 0 Å². The van der Waals surface area contributed by atoms with Gasteiger partial charge in [0.25, 0.3) is 0 Å². The van der Waals surface area contributed by atoms with E-state index in [9.17, 15) is 4.79 Å². The van der Waals surface area contributed by atoms with E-state index in [2.05, 4.69) is 10.2 Å². The average Bonchev–Trinajstić information content (AvgIpc) is 2.47. The van der Waals surface area contributed by atoms with Crippen molar-refractivity contribution in [2.24, 2.45) is 0 Å². The van der Waals surface area contributed by atoms with Crippen LogP contribution in [-0.4, -0.2) is 49.7 Å². The Labute approximate surface area is 126 Å². The van der Waals surface area contributed by atoms with Crippen molar-refractivity contribution < 1.29 is 9.53 Å². The highest BCUT2D eigenvalue weighted by molar-refractivity contribution is 5.83. The van der Waals surface area contributed by atoms with Gasteiger partial charge < -0.3 is 15.8 Å². The summed E-state index contributed by atoms with van der Waals surface area (Å²) in [6, 6.07) is 7.63. The molecule has 116 valence electrons. The topological polar surface area (TPSA) is 67.6 Å². The van der Waals surface area contributed by atoms with Crippen molar-refractivity contribution in [2.45, 2.75) is 25.8 Å². The summed E-state index contributed by atoms with van der Waals surface area (Å²) in [6.07, 6.45) is 0. The summed E-state index contributed by atoms with van der Waals surface area (Å²) in [5.41, 5.74) is 7.41. The number of nitrogens with zero attached hydrogens (tertiary/aromatic N) is 1. The molecule has 1 aliphatic rings. The Hall–Kier alpha value is -1.59. The van der Waals surface area contributed by atoms with E-state index in [4.69, 9.17) is 10.5 Å². The fraction of sp³-hybridized carbons (Fsp3) is 0.562. The number of nitrogen functional groups attached to an aromatic ring is 1. The molecule has 3 N–H and O–H groups in total. The Morgan fingerprint density at radius 3 is 2.76 bits per heavy atom. The first-order valence-corrected chi connectivity index (χ1v) is 7.52. The highest BCUT2D eigenvalue weighted by atomic mass is 16.5. The van der Waals surface area contributed by atoms with Gasteiger partial charge in [-0.1, -0.05) is 12.1 Å². The molecule has 0 spiro atoms. The maximum Gasteiger partial charge on any atom is 0.227 e. The SMILES string of the molecule is CC(CN1CCOCC1)NC(=O)C(C)c1cccc(N)c1. The monoisotopic (exact) mass is 291 g/mol. The standard InChI is InChI=1S/C16H25N3O2/c1-12(11-19-6-8-21-9-7-19)18-16(20)13(2)14-4-3-5-15(17)10-14/h3-5,10,12-13H,6-9,11,17H2,1-2H3,(H,18,20). The van der Waals surface area contributed by atoms with E-state index >= 15 is 0 Å². The summed E-state index contributed by atoms with van der Waals surface area (Å²) in [6.45, 7) is 8.24. The zero-order valence-electron chi connectivity index (χ0n) is 12.8. The highest BCUT2D eigenvalue weighted by Gasteiger charge is 2.19. The second-order valence-electron chi connectivity index (χ2n) is 5.71. The number of carbonyl (C=O) groups is 1. The van der Waals surface area contributed by atoms with E-state index in [1.165, 1.54) is 0 Å². The van der Waals surface area contributed by atoms with Gasteiger partial charge >= 0.3 is 0 Å². The lowest BCUT2D eigenvalue weighted by molar-refractivity contribution is -0.123. The Balaban J connectivity index is 1.85. The first kappa shape index (κ1) is 15.8. The molecule has 2 atom stereocenters. The molecule has 1 aromatic carbocycles. The molecule has 1 amide bonds. The zero-order valence-corrected chi connectivity index (χ0v) is 12.8. The number of anilines is 1. The van der Waals surface area contributed by atoms with Crippen molar-refractivity contribution in [1.82, 2.24) is 10.2 Å². The number of nitrogens with two attached hydrogens (primary N) is 1. The molecule has 21 heavy (non-hydrogen) atoms. The summed E-state index contributed by atoms with van der Waals surface area (Å²) < 4.78 is 5.33. The molecule has 0 saturated carbocycles.